The number of hydrogen-bond acceptors (Lipinski definition) is 3. The fourth-order valence-corrected chi connectivity index (χ4v) is 3.24. The molecule has 118 valence electrons. The number of para-hydroxylation sites is 1. The zero-order valence-electron chi connectivity index (χ0n) is 12.7. The highest BCUT2D eigenvalue weighted by molar-refractivity contribution is 6.32. The number of halogens is 1. The summed E-state index contributed by atoms with van der Waals surface area (Å²) in [4.78, 5) is 28.5. The predicted molar refractivity (Wildman–Crippen MR) is 95.9 cm³/mol. The van der Waals surface area contributed by atoms with Crippen LogP contribution in [0.15, 0.2) is 53.3 Å². The molecule has 3 aromatic carbocycles. The van der Waals surface area contributed by atoms with Crippen molar-refractivity contribution >= 4 is 50.1 Å². The normalized spacial score (nSPS) is 11.2. The van der Waals surface area contributed by atoms with Crippen LogP contribution in [0, 0.1) is 0 Å². The minimum Gasteiger partial charge on any atom is -0.465 e. The molecule has 4 nitrogen and oxygen atoms in total. The Balaban J connectivity index is 2.34. The molecule has 1 aromatic heterocycles. The van der Waals surface area contributed by atoms with Crippen LogP contribution < -0.4 is 5.43 Å². The second-order valence-corrected chi connectivity index (χ2v) is 5.97. The van der Waals surface area contributed by atoms with Crippen LogP contribution in [0.25, 0.3) is 32.6 Å². The molecule has 1 N–H and O–H groups in total. The van der Waals surface area contributed by atoms with Crippen LogP contribution >= 0.6 is 11.6 Å². The summed E-state index contributed by atoms with van der Waals surface area (Å²) in [6.45, 7) is 0. The van der Waals surface area contributed by atoms with Crippen molar-refractivity contribution in [1.82, 2.24) is 4.98 Å². The Morgan fingerprint density at radius 2 is 1.88 bits per heavy atom. The third-order valence-electron chi connectivity index (χ3n) is 4.17. The molecule has 0 unspecified atom stereocenters. The van der Waals surface area contributed by atoms with Crippen molar-refractivity contribution < 1.29 is 9.53 Å². The summed E-state index contributed by atoms with van der Waals surface area (Å²) in [6.07, 6.45) is 0. The maximum absolute atomic E-state index is 13.0. The number of hydrogen-bond donors (Lipinski definition) is 1. The Kier molecular flexibility index (Phi) is 3.28. The van der Waals surface area contributed by atoms with Crippen LogP contribution in [0.2, 0.25) is 5.02 Å². The second kappa shape index (κ2) is 5.35. The summed E-state index contributed by atoms with van der Waals surface area (Å²) in [6, 6.07) is 14.2. The van der Waals surface area contributed by atoms with Gasteiger partial charge in [0, 0.05) is 21.3 Å². The van der Waals surface area contributed by atoms with Crippen LogP contribution in [0.1, 0.15) is 10.4 Å². The molecule has 4 rings (SSSR count). The first-order chi connectivity index (χ1) is 11.6. The third kappa shape index (κ3) is 2.07. The van der Waals surface area contributed by atoms with Gasteiger partial charge in [-0.05, 0) is 35.7 Å². The second-order valence-electron chi connectivity index (χ2n) is 5.53. The zero-order valence-corrected chi connectivity index (χ0v) is 13.5. The first-order valence-electron chi connectivity index (χ1n) is 7.35. The van der Waals surface area contributed by atoms with E-state index in [-0.39, 0.29) is 11.0 Å². The number of aromatic amines is 1. The van der Waals surface area contributed by atoms with Crippen molar-refractivity contribution in [2.75, 3.05) is 7.11 Å². The number of fused-ring (bicyclic) bond motifs is 4. The van der Waals surface area contributed by atoms with Crippen LogP contribution in [0.3, 0.4) is 0 Å². The Hall–Kier alpha value is -2.85. The first kappa shape index (κ1) is 14.7. The van der Waals surface area contributed by atoms with Crippen molar-refractivity contribution in [3.63, 3.8) is 0 Å². The van der Waals surface area contributed by atoms with Gasteiger partial charge in [0.05, 0.1) is 23.6 Å². The number of benzene rings is 3. The van der Waals surface area contributed by atoms with E-state index in [9.17, 15) is 9.59 Å². The fraction of sp³-hybridized carbons (Fsp3) is 0.0526. The maximum Gasteiger partial charge on any atom is 0.338 e. The van der Waals surface area contributed by atoms with Gasteiger partial charge in [0.1, 0.15) is 0 Å². The number of H-pyrrole nitrogens is 1. The van der Waals surface area contributed by atoms with E-state index in [4.69, 9.17) is 16.3 Å². The average molecular weight is 338 g/mol. The van der Waals surface area contributed by atoms with Gasteiger partial charge in [-0.25, -0.2) is 4.79 Å². The van der Waals surface area contributed by atoms with Gasteiger partial charge in [-0.2, -0.15) is 0 Å². The molecule has 5 heteroatoms. The molecule has 0 spiro atoms. The van der Waals surface area contributed by atoms with E-state index in [1.807, 2.05) is 18.2 Å². The van der Waals surface area contributed by atoms with Gasteiger partial charge in [0.2, 0.25) is 0 Å². The standard InChI is InChI=1S/C19H12ClNO3/c1-24-19(23)14-8-10-6-7-11(20)9-13(10)17-16(14)18(22)12-4-2-3-5-15(12)21-17/h2-9H,1H3,(H,21,22). The van der Waals surface area contributed by atoms with E-state index < -0.39 is 5.97 Å². The maximum atomic E-state index is 13.0. The Morgan fingerprint density at radius 1 is 1.08 bits per heavy atom. The summed E-state index contributed by atoms with van der Waals surface area (Å²) in [5.41, 5.74) is 1.33. The summed E-state index contributed by atoms with van der Waals surface area (Å²) in [7, 11) is 1.30. The number of nitrogens with one attached hydrogen (secondary N) is 1. The van der Waals surface area contributed by atoms with E-state index in [2.05, 4.69) is 4.98 Å². The molecule has 0 aliphatic carbocycles. The van der Waals surface area contributed by atoms with Gasteiger partial charge in [-0.15, -0.1) is 0 Å². The summed E-state index contributed by atoms with van der Waals surface area (Å²) in [5, 5.41) is 2.99. The third-order valence-corrected chi connectivity index (χ3v) is 4.40. The number of carbonyl (C=O) groups is 1. The lowest BCUT2D eigenvalue weighted by molar-refractivity contribution is 0.0603. The molecule has 0 aliphatic heterocycles. The Labute approximate surface area is 141 Å². The molecule has 0 amide bonds. The number of ether oxygens (including phenoxy) is 1. The molecular formula is C19H12ClNO3. The molecule has 4 aromatic rings. The number of pyridine rings is 1. The topological polar surface area (TPSA) is 59.2 Å². The van der Waals surface area contributed by atoms with Crippen molar-refractivity contribution in [2.24, 2.45) is 0 Å². The van der Waals surface area contributed by atoms with Crippen LogP contribution in [-0.2, 0) is 4.74 Å². The smallest absolute Gasteiger partial charge is 0.338 e. The average Bonchev–Trinajstić information content (AvgIpc) is 2.61. The van der Waals surface area contributed by atoms with Crippen LogP contribution in [-0.4, -0.2) is 18.1 Å². The molecule has 24 heavy (non-hydrogen) atoms. The minimum atomic E-state index is -0.544. The molecule has 0 aliphatic rings. The number of methoxy groups -OCH3 is 1. The van der Waals surface area contributed by atoms with Crippen molar-refractivity contribution in [1.29, 1.82) is 0 Å². The van der Waals surface area contributed by atoms with Crippen LogP contribution in [0.5, 0.6) is 0 Å². The van der Waals surface area contributed by atoms with E-state index in [0.29, 0.717) is 26.8 Å². The molecule has 1 heterocycles. The number of rotatable bonds is 1. The minimum absolute atomic E-state index is 0.207. The van der Waals surface area contributed by atoms with Crippen molar-refractivity contribution in [3.05, 3.63) is 69.3 Å². The highest BCUT2D eigenvalue weighted by Crippen LogP contribution is 2.29. The number of carbonyl (C=O) groups excluding carboxylic acids is 1. The number of aromatic nitrogens is 1. The highest BCUT2D eigenvalue weighted by Gasteiger charge is 2.18. The monoisotopic (exact) mass is 337 g/mol. The quantitative estimate of drug-likeness (QED) is 0.320. The predicted octanol–water partition coefficient (Wildman–Crippen LogP) is 4.27. The molecule has 0 fully saturated rings. The molecule has 0 bridgehead atoms. The lowest BCUT2D eigenvalue weighted by Gasteiger charge is -2.11. The lowest BCUT2D eigenvalue weighted by Crippen LogP contribution is -2.12. The van der Waals surface area contributed by atoms with E-state index in [1.165, 1.54) is 7.11 Å². The van der Waals surface area contributed by atoms with Gasteiger partial charge < -0.3 is 9.72 Å². The summed E-state index contributed by atoms with van der Waals surface area (Å²) < 4.78 is 4.87. The van der Waals surface area contributed by atoms with Crippen molar-refractivity contribution in [3.8, 4) is 0 Å². The fourth-order valence-electron chi connectivity index (χ4n) is 3.06. The van der Waals surface area contributed by atoms with E-state index >= 15 is 0 Å². The highest BCUT2D eigenvalue weighted by atomic mass is 35.5. The van der Waals surface area contributed by atoms with Gasteiger partial charge in [-0.1, -0.05) is 29.8 Å². The Morgan fingerprint density at radius 3 is 2.67 bits per heavy atom. The Bertz CT molecular complexity index is 1190. The zero-order chi connectivity index (χ0) is 16.8. The van der Waals surface area contributed by atoms with Gasteiger partial charge in [0.15, 0.2) is 5.43 Å². The lowest BCUT2D eigenvalue weighted by atomic mass is 9.99. The van der Waals surface area contributed by atoms with E-state index in [0.717, 1.165) is 10.8 Å². The SMILES string of the molecule is COC(=O)c1cc2ccc(Cl)cc2c2[nH]c3ccccc3c(=O)c12. The van der Waals surface area contributed by atoms with Gasteiger partial charge in [-0.3, -0.25) is 4.79 Å². The molecule has 0 radical (unpaired) electrons. The van der Waals surface area contributed by atoms with Crippen molar-refractivity contribution in [2.45, 2.75) is 0 Å². The molecule has 0 atom stereocenters. The molecule has 0 saturated heterocycles. The van der Waals surface area contributed by atoms with E-state index in [1.54, 1.807) is 30.3 Å². The molecule has 0 saturated carbocycles. The first-order valence-corrected chi connectivity index (χ1v) is 7.73. The summed E-state index contributed by atoms with van der Waals surface area (Å²) >= 11 is 6.12. The van der Waals surface area contributed by atoms with Gasteiger partial charge in [0.25, 0.3) is 0 Å². The number of esters is 1. The largest absolute Gasteiger partial charge is 0.465 e. The molecular weight excluding hydrogens is 326 g/mol. The summed E-state index contributed by atoms with van der Waals surface area (Å²) in [5.74, 6) is -0.544. The van der Waals surface area contributed by atoms with Crippen LogP contribution in [0.4, 0.5) is 0 Å². The van der Waals surface area contributed by atoms with Gasteiger partial charge >= 0.3 is 5.97 Å².